The van der Waals surface area contributed by atoms with Crippen molar-refractivity contribution < 1.29 is 9.53 Å². The Bertz CT molecular complexity index is 434. The van der Waals surface area contributed by atoms with Crippen LogP contribution in [0, 0.1) is 0 Å². The molecule has 0 radical (unpaired) electrons. The predicted molar refractivity (Wildman–Crippen MR) is 76.7 cm³/mol. The molecule has 4 heteroatoms. The van der Waals surface area contributed by atoms with Crippen LogP contribution in [0.1, 0.15) is 26.7 Å². The van der Waals surface area contributed by atoms with Crippen LogP contribution in [0.5, 0.6) is 5.75 Å². The van der Waals surface area contributed by atoms with E-state index in [9.17, 15) is 4.79 Å². The molecule has 1 unspecified atom stereocenters. The molecular formula is C15H22N2O2. The van der Waals surface area contributed by atoms with Gasteiger partial charge in [-0.15, -0.1) is 0 Å². The van der Waals surface area contributed by atoms with Gasteiger partial charge in [0, 0.05) is 6.54 Å². The molecule has 1 aliphatic heterocycles. The van der Waals surface area contributed by atoms with Crippen molar-refractivity contribution in [1.29, 1.82) is 0 Å². The number of amides is 1. The maximum Gasteiger partial charge on any atom is 0.243 e. The molecule has 1 aromatic carbocycles. The fraction of sp³-hybridized carbons (Fsp3) is 0.533. The third-order valence-corrected chi connectivity index (χ3v) is 3.35. The standard InChI is InChI=1S/C15H22N2O2/c1-3-19-14-9-5-4-8-13(14)17-11-7-6-10-16-12(2)15(17)18/h4-5,8-9,12,16H,3,6-7,10-11H2,1-2H3. The molecule has 104 valence electrons. The zero-order valence-electron chi connectivity index (χ0n) is 11.7. The first-order valence-electron chi connectivity index (χ1n) is 7.00. The monoisotopic (exact) mass is 262 g/mol. The van der Waals surface area contributed by atoms with Crippen LogP contribution in [0.3, 0.4) is 0 Å². The Morgan fingerprint density at radius 1 is 1.37 bits per heavy atom. The molecule has 0 saturated carbocycles. The van der Waals surface area contributed by atoms with E-state index < -0.39 is 0 Å². The maximum atomic E-state index is 12.5. The zero-order chi connectivity index (χ0) is 13.7. The van der Waals surface area contributed by atoms with Crippen molar-refractivity contribution in [3.8, 4) is 5.75 Å². The van der Waals surface area contributed by atoms with Gasteiger partial charge in [-0.05, 0) is 45.4 Å². The number of rotatable bonds is 3. The van der Waals surface area contributed by atoms with Gasteiger partial charge >= 0.3 is 0 Å². The molecule has 1 aromatic rings. The highest BCUT2D eigenvalue weighted by Gasteiger charge is 2.25. The lowest BCUT2D eigenvalue weighted by Crippen LogP contribution is -2.47. The number of para-hydroxylation sites is 2. The second-order valence-corrected chi connectivity index (χ2v) is 4.77. The molecule has 1 amide bonds. The van der Waals surface area contributed by atoms with Gasteiger partial charge in [-0.3, -0.25) is 4.79 Å². The molecular weight excluding hydrogens is 240 g/mol. The highest BCUT2D eigenvalue weighted by molar-refractivity contribution is 5.98. The van der Waals surface area contributed by atoms with E-state index in [-0.39, 0.29) is 11.9 Å². The van der Waals surface area contributed by atoms with E-state index in [0.29, 0.717) is 6.61 Å². The summed E-state index contributed by atoms with van der Waals surface area (Å²) in [6, 6.07) is 7.61. The minimum Gasteiger partial charge on any atom is -0.492 e. The molecule has 1 saturated heterocycles. The average molecular weight is 262 g/mol. The Kier molecular flexibility index (Phi) is 4.80. The summed E-state index contributed by atoms with van der Waals surface area (Å²) in [4.78, 5) is 14.3. The number of carbonyl (C=O) groups is 1. The molecule has 1 fully saturated rings. The smallest absolute Gasteiger partial charge is 0.243 e. The van der Waals surface area contributed by atoms with Crippen LogP contribution in [-0.4, -0.2) is 31.6 Å². The molecule has 0 bridgehead atoms. The molecule has 2 rings (SSSR count). The first-order valence-corrected chi connectivity index (χ1v) is 7.00. The zero-order valence-corrected chi connectivity index (χ0v) is 11.7. The topological polar surface area (TPSA) is 41.6 Å². The van der Waals surface area contributed by atoms with E-state index in [1.807, 2.05) is 43.0 Å². The fourth-order valence-corrected chi connectivity index (χ4v) is 2.34. The number of benzene rings is 1. The summed E-state index contributed by atoms with van der Waals surface area (Å²) in [5, 5.41) is 3.25. The molecule has 0 spiro atoms. The number of carbonyl (C=O) groups excluding carboxylic acids is 1. The van der Waals surface area contributed by atoms with Crippen molar-refractivity contribution in [3.63, 3.8) is 0 Å². The van der Waals surface area contributed by atoms with Gasteiger partial charge < -0.3 is 15.0 Å². The third kappa shape index (κ3) is 3.26. The summed E-state index contributed by atoms with van der Waals surface area (Å²) in [5.41, 5.74) is 0.880. The highest BCUT2D eigenvalue weighted by atomic mass is 16.5. The number of hydrogen-bond donors (Lipinski definition) is 1. The average Bonchev–Trinajstić information content (AvgIpc) is 2.42. The van der Waals surface area contributed by atoms with E-state index in [4.69, 9.17) is 4.74 Å². The van der Waals surface area contributed by atoms with Crippen molar-refractivity contribution in [2.45, 2.75) is 32.7 Å². The second kappa shape index (κ2) is 6.57. The van der Waals surface area contributed by atoms with Crippen molar-refractivity contribution in [3.05, 3.63) is 24.3 Å². The molecule has 1 N–H and O–H groups in total. The van der Waals surface area contributed by atoms with Gasteiger partial charge in [0.15, 0.2) is 0 Å². The Morgan fingerprint density at radius 2 is 2.16 bits per heavy atom. The minimum absolute atomic E-state index is 0.117. The van der Waals surface area contributed by atoms with Crippen molar-refractivity contribution in [2.24, 2.45) is 0 Å². The summed E-state index contributed by atoms with van der Waals surface area (Å²) >= 11 is 0. The summed E-state index contributed by atoms with van der Waals surface area (Å²) < 4.78 is 5.63. The Balaban J connectivity index is 2.28. The van der Waals surface area contributed by atoms with E-state index >= 15 is 0 Å². The third-order valence-electron chi connectivity index (χ3n) is 3.35. The Morgan fingerprint density at radius 3 is 2.95 bits per heavy atom. The van der Waals surface area contributed by atoms with Crippen LogP contribution in [0.4, 0.5) is 5.69 Å². The van der Waals surface area contributed by atoms with E-state index in [2.05, 4.69) is 5.32 Å². The highest BCUT2D eigenvalue weighted by Crippen LogP contribution is 2.29. The van der Waals surface area contributed by atoms with Gasteiger partial charge in [-0.25, -0.2) is 0 Å². The van der Waals surface area contributed by atoms with Crippen molar-refractivity contribution in [1.82, 2.24) is 5.32 Å². The fourth-order valence-electron chi connectivity index (χ4n) is 2.34. The molecule has 4 nitrogen and oxygen atoms in total. The van der Waals surface area contributed by atoms with Crippen LogP contribution >= 0.6 is 0 Å². The Hall–Kier alpha value is -1.55. The molecule has 1 heterocycles. The quantitative estimate of drug-likeness (QED) is 0.908. The number of hydrogen-bond acceptors (Lipinski definition) is 3. The second-order valence-electron chi connectivity index (χ2n) is 4.77. The SMILES string of the molecule is CCOc1ccccc1N1CCCCNC(C)C1=O. The molecule has 19 heavy (non-hydrogen) atoms. The number of anilines is 1. The van der Waals surface area contributed by atoms with Gasteiger partial charge in [-0.1, -0.05) is 12.1 Å². The number of nitrogens with zero attached hydrogens (tertiary/aromatic N) is 1. The van der Waals surface area contributed by atoms with Gasteiger partial charge in [0.2, 0.25) is 5.91 Å². The van der Waals surface area contributed by atoms with Crippen LogP contribution in [0.15, 0.2) is 24.3 Å². The van der Waals surface area contributed by atoms with Crippen LogP contribution in [0.2, 0.25) is 0 Å². The summed E-state index contributed by atoms with van der Waals surface area (Å²) in [6.45, 7) is 6.15. The molecule has 1 aliphatic rings. The van der Waals surface area contributed by atoms with Gasteiger partial charge in [0.25, 0.3) is 0 Å². The molecule has 1 atom stereocenters. The molecule has 0 aromatic heterocycles. The van der Waals surface area contributed by atoms with Crippen molar-refractivity contribution in [2.75, 3.05) is 24.6 Å². The maximum absolute atomic E-state index is 12.5. The van der Waals surface area contributed by atoms with Gasteiger partial charge in [0.05, 0.1) is 18.3 Å². The normalized spacial score (nSPS) is 20.8. The predicted octanol–water partition coefficient (Wildman–Crippen LogP) is 2.19. The lowest BCUT2D eigenvalue weighted by Gasteiger charge is -2.30. The minimum atomic E-state index is -0.144. The molecule has 0 aliphatic carbocycles. The number of nitrogens with one attached hydrogen (secondary N) is 1. The summed E-state index contributed by atoms with van der Waals surface area (Å²) in [5.74, 6) is 0.901. The van der Waals surface area contributed by atoms with E-state index in [1.165, 1.54) is 0 Å². The summed E-state index contributed by atoms with van der Waals surface area (Å²) in [6.07, 6.45) is 2.09. The van der Waals surface area contributed by atoms with Crippen LogP contribution < -0.4 is 15.0 Å². The summed E-state index contributed by atoms with van der Waals surface area (Å²) in [7, 11) is 0. The lowest BCUT2D eigenvalue weighted by molar-refractivity contribution is -0.120. The van der Waals surface area contributed by atoms with Gasteiger partial charge in [-0.2, -0.15) is 0 Å². The first-order chi connectivity index (χ1) is 9.24. The van der Waals surface area contributed by atoms with Crippen LogP contribution in [0.25, 0.3) is 0 Å². The Labute approximate surface area is 114 Å². The van der Waals surface area contributed by atoms with E-state index in [1.54, 1.807) is 0 Å². The largest absolute Gasteiger partial charge is 0.492 e. The lowest BCUT2D eigenvalue weighted by atomic mass is 10.1. The van der Waals surface area contributed by atoms with Crippen LogP contribution in [-0.2, 0) is 4.79 Å². The van der Waals surface area contributed by atoms with E-state index in [0.717, 1.165) is 37.4 Å². The van der Waals surface area contributed by atoms with Crippen molar-refractivity contribution >= 4 is 11.6 Å². The van der Waals surface area contributed by atoms with Gasteiger partial charge in [0.1, 0.15) is 5.75 Å². The number of ether oxygens (including phenoxy) is 1. The first kappa shape index (κ1) is 13.9.